The smallest absolute Gasteiger partial charge is 0.151 e. The molecule has 0 bridgehead atoms. The first-order valence-electron chi connectivity index (χ1n) is 6.38. The van der Waals surface area contributed by atoms with Crippen molar-refractivity contribution < 1.29 is 12.8 Å². The number of thiocarbonyl (C=S) groups is 1. The van der Waals surface area contributed by atoms with E-state index >= 15 is 0 Å². The molecule has 110 valence electrons. The van der Waals surface area contributed by atoms with Gasteiger partial charge in [-0.05, 0) is 36.7 Å². The molecule has 1 aromatic rings. The van der Waals surface area contributed by atoms with Gasteiger partial charge in [0.05, 0.1) is 11.5 Å². The lowest BCUT2D eigenvalue weighted by Crippen LogP contribution is -2.28. The zero-order valence-electron chi connectivity index (χ0n) is 11.0. The van der Waals surface area contributed by atoms with Gasteiger partial charge < -0.3 is 5.73 Å². The van der Waals surface area contributed by atoms with E-state index in [0.29, 0.717) is 37.2 Å². The normalized spacial score (nSPS) is 19.4. The van der Waals surface area contributed by atoms with Gasteiger partial charge in [-0.3, -0.25) is 4.90 Å². The Hall–Kier alpha value is -1.05. The fourth-order valence-electron chi connectivity index (χ4n) is 2.32. The highest BCUT2D eigenvalue weighted by Crippen LogP contribution is 2.16. The third kappa shape index (κ3) is 3.97. The Kier molecular flexibility index (Phi) is 4.72. The molecule has 2 N–H and O–H groups in total. The van der Waals surface area contributed by atoms with Gasteiger partial charge in [-0.25, -0.2) is 12.8 Å². The molecule has 0 saturated carbocycles. The molecule has 1 saturated heterocycles. The van der Waals surface area contributed by atoms with Crippen LogP contribution in [0.2, 0.25) is 0 Å². The predicted molar refractivity (Wildman–Crippen MR) is 80.8 cm³/mol. The van der Waals surface area contributed by atoms with Gasteiger partial charge in [-0.15, -0.1) is 0 Å². The Bertz CT molecular complexity index is 617. The molecule has 20 heavy (non-hydrogen) atoms. The summed E-state index contributed by atoms with van der Waals surface area (Å²) < 4.78 is 36.5. The second kappa shape index (κ2) is 6.15. The number of rotatable bonds is 3. The van der Waals surface area contributed by atoms with E-state index in [1.807, 2.05) is 4.90 Å². The largest absolute Gasteiger partial charge is 0.389 e. The molecule has 4 nitrogen and oxygen atoms in total. The first-order valence-corrected chi connectivity index (χ1v) is 8.61. The van der Waals surface area contributed by atoms with Crippen LogP contribution >= 0.6 is 12.2 Å². The molecule has 2 rings (SSSR count). The van der Waals surface area contributed by atoms with E-state index in [0.717, 1.165) is 0 Å². The third-order valence-electron chi connectivity index (χ3n) is 3.37. The molecule has 0 radical (unpaired) electrons. The van der Waals surface area contributed by atoms with Crippen molar-refractivity contribution in [1.82, 2.24) is 4.90 Å². The summed E-state index contributed by atoms with van der Waals surface area (Å²) in [7, 11) is -2.95. The average molecular weight is 316 g/mol. The molecule has 1 heterocycles. The zero-order chi connectivity index (χ0) is 14.8. The van der Waals surface area contributed by atoms with Crippen LogP contribution in [0.3, 0.4) is 0 Å². The molecule has 0 unspecified atom stereocenters. The third-order valence-corrected chi connectivity index (χ3v) is 5.31. The van der Waals surface area contributed by atoms with Crippen LogP contribution in [0.4, 0.5) is 4.39 Å². The van der Waals surface area contributed by atoms with Crippen LogP contribution in [-0.4, -0.2) is 42.9 Å². The number of hydrogen-bond acceptors (Lipinski definition) is 4. The van der Waals surface area contributed by atoms with Gasteiger partial charge in [0.25, 0.3) is 0 Å². The summed E-state index contributed by atoms with van der Waals surface area (Å²) in [6.07, 6.45) is 0.597. The van der Waals surface area contributed by atoms with E-state index in [1.165, 1.54) is 12.1 Å². The number of nitrogens with zero attached hydrogens (tertiary/aromatic N) is 1. The summed E-state index contributed by atoms with van der Waals surface area (Å²) in [5, 5.41) is 0. The summed E-state index contributed by atoms with van der Waals surface area (Å²) in [4.78, 5) is 2.23. The molecule has 1 aliphatic heterocycles. The first-order chi connectivity index (χ1) is 9.37. The predicted octanol–water partition coefficient (Wildman–Crippen LogP) is 1.08. The maximum Gasteiger partial charge on any atom is 0.151 e. The minimum absolute atomic E-state index is 0.144. The van der Waals surface area contributed by atoms with Crippen molar-refractivity contribution in [2.45, 2.75) is 13.0 Å². The van der Waals surface area contributed by atoms with Gasteiger partial charge in [0.2, 0.25) is 0 Å². The minimum atomic E-state index is -2.95. The molecule has 7 heteroatoms. The van der Waals surface area contributed by atoms with Crippen molar-refractivity contribution in [1.29, 1.82) is 0 Å². The first kappa shape index (κ1) is 15.3. The second-order valence-electron chi connectivity index (χ2n) is 4.95. The number of benzene rings is 1. The van der Waals surface area contributed by atoms with Crippen molar-refractivity contribution in [2.24, 2.45) is 5.73 Å². The lowest BCUT2D eigenvalue weighted by molar-refractivity contribution is 0.286. The van der Waals surface area contributed by atoms with Crippen LogP contribution < -0.4 is 5.73 Å². The molecule has 0 aliphatic carbocycles. The van der Waals surface area contributed by atoms with Gasteiger partial charge in [0.15, 0.2) is 9.84 Å². The summed E-state index contributed by atoms with van der Waals surface area (Å²) in [5.41, 5.74) is 6.99. The second-order valence-corrected chi connectivity index (χ2v) is 7.69. The lowest BCUT2D eigenvalue weighted by atomic mass is 10.1. The zero-order valence-corrected chi connectivity index (χ0v) is 12.6. The highest BCUT2D eigenvalue weighted by Gasteiger charge is 2.20. The topological polar surface area (TPSA) is 63.4 Å². The van der Waals surface area contributed by atoms with E-state index in [4.69, 9.17) is 18.0 Å². The van der Waals surface area contributed by atoms with E-state index < -0.39 is 9.84 Å². The summed E-state index contributed by atoms with van der Waals surface area (Å²) >= 11 is 4.96. The highest BCUT2D eigenvalue weighted by molar-refractivity contribution is 7.91. The summed E-state index contributed by atoms with van der Waals surface area (Å²) in [6, 6.07) is 4.31. The maximum atomic E-state index is 13.4. The molecule has 0 aromatic heterocycles. The van der Waals surface area contributed by atoms with Crippen LogP contribution in [0.1, 0.15) is 17.5 Å². The molecular weight excluding hydrogens is 299 g/mol. The van der Waals surface area contributed by atoms with Crippen molar-refractivity contribution >= 4 is 27.0 Å². The van der Waals surface area contributed by atoms with Crippen molar-refractivity contribution in [3.8, 4) is 0 Å². The van der Waals surface area contributed by atoms with Crippen molar-refractivity contribution in [3.63, 3.8) is 0 Å². The Morgan fingerprint density at radius 1 is 1.35 bits per heavy atom. The Morgan fingerprint density at radius 3 is 2.80 bits per heavy atom. The van der Waals surface area contributed by atoms with Crippen LogP contribution in [0, 0.1) is 5.82 Å². The number of hydrogen-bond donors (Lipinski definition) is 1. The molecule has 0 amide bonds. The highest BCUT2D eigenvalue weighted by atomic mass is 32.2. The van der Waals surface area contributed by atoms with Crippen molar-refractivity contribution in [2.75, 3.05) is 24.6 Å². The Labute approximate surface area is 123 Å². The molecule has 1 fully saturated rings. The summed E-state index contributed by atoms with van der Waals surface area (Å²) in [5.74, 6) is 0.0157. The fourth-order valence-corrected chi connectivity index (χ4v) is 3.83. The van der Waals surface area contributed by atoms with Gasteiger partial charge in [0, 0.05) is 18.7 Å². The van der Waals surface area contributed by atoms with E-state index in [2.05, 4.69) is 0 Å². The Morgan fingerprint density at radius 2 is 2.10 bits per heavy atom. The van der Waals surface area contributed by atoms with Crippen LogP contribution in [0.15, 0.2) is 18.2 Å². The van der Waals surface area contributed by atoms with E-state index in [9.17, 15) is 12.8 Å². The number of nitrogens with two attached hydrogens (primary N) is 1. The van der Waals surface area contributed by atoms with Gasteiger partial charge in [-0.1, -0.05) is 12.2 Å². The van der Waals surface area contributed by atoms with Crippen LogP contribution in [0.5, 0.6) is 0 Å². The minimum Gasteiger partial charge on any atom is -0.389 e. The SMILES string of the molecule is NC(=S)c1ccc(F)cc1CN1CCCS(=O)(=O)CC1. The van der Waals surface area contributed by atoms with Crippen LogP contribution in [-0.2, 0) is 16.4 Å². The molecule has 1 aromatic carbocycles. The van der Waals surface area contributed by atoms with Gasteiger partial charge in [-0.2, -0.15) is 0 Å². The monoisotopic (exact) mass is 316 g/mol. The molecule has 0 spiro atoms. The fraction of sp³-hybridized carbons (Fsp3) is 0.462. The number of halogens is 1. The Balaban J connectivity index is 2.17. The van der Waals surface area contributed by atoms with E-state index in [-0.39, 0.29) is 22.3 Å². The quantitative estimate of drug-likeness (QED) is 0.846. The molecule has 0 atom stereocenters. The molecular formula is C13H17FN2O2S2. The van der Waals surface area contributed by atoms with Crippen molar-refractivity contribution in [3.05, 3.63) is 35.1 Å². The molecule has 1 aliphatic rings. The maximum absolute atomic E-state index is 13.4. The number of sulfone groups is 1. The van der Waals surface area contributed by atoms with Gasteiger partial charge in [0.1, 0.15) is 10.8 Å². The summed E-state index contributed by atoms with van der Waals surface area (Å²) in [6.45, 7) is 1.59. The van der Waals surface area contributed by atoms with Gasteiger partial charge >= 0.3 is 0 Å². The van der Waals surface area contributed by atoms with E-state index in [1.54, 1.807) is 6.07 Å². The standard InChI is InChI=1S/C13H17FN2O2S2/c14-11-2-3-12(13(15)19)10(8-11)9-16-4-1-6-20(17,18)7-5-16/h2-3,8H,1,4-7,9H2,(H2,15,19). The average Bonchev–Trinajstić information content (AvgIpc) is 2.51. The lowest BCUT2D eigenvalue weighted by Gasteiger charge is -2.20. The van der Waals surface area contributed by atoms with Crippen LogP contribution in [0.25, 0.3) is 0 Å².